The quantitative estimate of drug-likeness (QED) is 0.134. The lowest BCUT2D eigenvalue weighted by molar-refractivity contribution is -0.244. The fraction of sp³-hybridized carbons (Fsp3) is 0.634. The van der Waals surface area contributed by atoms with Crippen LogP contribution in [0.15, 0.2) is 36.4 Å². The standard InChI is InChI=1S/C41H54F3N5O10S/c1-6-8-9-10-14-24-22-40(24,36(53)48-60(55,56)39(5)18-19-39)47-32(51)29-21-25(58-34-28-16-12-11-15-26(28)27-17-13-20-57-33(27)46-34)23-49(29)35(52)31(30(50)7-2)45-37(54)59-38(3,4)41(42,43)44/h10-12,14-16,24-25,29-31,50H,6-9,13,17-23H2,1-5H3,(H,45,54)(H,47,51)(H,48,53). The van der Waals surface area contributed by atoms with Crippen LogP contribution in [0, 0.1) is 5.92 Å². The molecule has 2 aliphatic heterocycles. The Hall–Kier alpha value is -4.65. The van der Waals surface area contributed by atoms with Crippen LogP contribution >= 0.6 is 0 Å². The molecular weight excluding hydrogens is 812 g/mol. The number of hydrogen-bond acceptors (Lipinski definition) is 11. The van der Waals surface area contributed by atoms with Crippen molar-refractivity contribution in [1.29, 1.82) is 0 Å². The van der Waals surface area contributed by atoms with Gasteiger partial charge in [0.05, 0.1) is 24.0 Å². The predicted octanol–water partition coefficient (Wildman–Crippen LogP) is 4.73. The highest BCUT2D eigenvalue weighted by Crippen LogP contribution is 2.48. The second kappa shape index (κ2) is 17.0. The van der Waals surface area contributed by atoms with Crippen LogP contribution in [0.5, 0.6) is 11.8 Å². The van der Waals surface area contributed by atoms with E-state index in [-0.39, 0.29) is 31.7 Å². The van der Waals surface area contributed by atoms with E-state index in [9.17, 15) is 45.9 Å². The Morgan fingerprint density at radius 3 is 2.48 bits per heavy atom. The van der Waals surface area contributed by atoms with E-state index >= 15 is 0 Å². The highest BCUT2D eigenvalue weighted by atomic mass is 32.2. The summed E-state index contributed by atoms with van der Waals surface area (Å²) in [6, 6.07) is 4.04. The molecule has 0 radical (unpaired) electrons. The molecule has 15 nitrogen and oxygen atoms in total. The zero-order valence-corrected chi connectivity index (χ0v) is 35.2. The molecule has 1 aromatic carbocycles. The average Bonchev–Trinajstić information content (AvgIpc) is 4.07. The second-order valence-electron chi connectivity index (χ2n) is 16.9. The number of alkyl halides is 3. The number of rotatable bonds is 16. The van der Waals surface area contributed by atoms with Crippen LogP contribution in [0.1, 0.15) is 98.0 Å². The van der Waals surface area contributed by atoms with E-state index in [0.717, 1.165) is 41.5 Å². The number of aliphatic hydroxyl groups is 1. The molecule has 4 N–H and O–H groups in total. The van der Waals surface area contributed by atoms with Crippen LogP contribution in [0.2, 0.25) is 0 Å². The van der Waals surface area contributed by atoms with Crippen molar-refractivity contribution in [3.63, 3.8) is 0 Å². The number of alkyl carbamates (subject to hydrolysis) is 1. The van der Waals surface area contributed by atoms with E-state index in [2.05, 4.69) is 25.1 Å². The molecule has 4 amide bonds. The Kier molecular flexibility index (Phi) is 12.7. The number of carbonyl (C=O) groups is 4. The molecule has 1 aromatic heterocycles. The normalized spacial score (nSPS) is 24.5. The number of unbranched alkanes of at least 4 members (excludes halogenated alkanes) is 2. The maximum absolute atomic E-state index is 14.6. The fourth-order valence-electron chi connectivity index (χ4n) is 7.50. The summed E-state index contributed by atoms with van der Waals surface area (Å²) in [4.78, 5) is 61.5. The van der Waals surface area contributed by atoms with Crippen molar-refractivity contribution in [3.8, 4) is 11.8 Å². The molecule has 3 fully saturated rings. The number of likely N-dealkylation sites (tertiary alicyclic amines) is 1. The smallest absolute Gasteiger partial charge is 0.427 e. The van der Waals surface area contributed by atoms with E-state index in [1.165, 1.54) is 13.8 Å². The number of fused-ring (bicyclic) bond motifs is 3. The molecular formula is C41H54F3N5O10S. The summed E-state index contributed by atoms with van der Waals surface area (Å²) in [5.41, 5.74) is -3.76. The summed E-state index contributed by atoms with van der Waals surface area (Å²) < 4.78 is 85.3. The van der Waals surface area contributed by atoms with Crippen molar-refractivity contribution in [1.82, 2.24) is 25.2 Å². The van der Waals surface area contributed by atoms with Gasteiger partial charge >= 0.3 is 12.3 Å². The number of halogens is 3. The number of benzene rings is 1. The Morgan fingerprint density at radius 2 is 1.83 bits per heavy atom. The molecule has 0 bridgehead atoms. The number of allylic oxidation sites excluding steroid dienone is 1. The Morgan fingerprint density at radius 1 is 1.13 bits per heavy atom. The third kappa shape index (κ3) is 9.16. The monoisotopic (exact) mass is 865 g/mol. The highest BCUT2D eigenvalue weighted by molar-refractivity contribution is 7.91. The van der Waals surface area contributed by atoms with Gasteiger partial charge in [0.2, 0.25) is 39.2 Å². The molecule has 0 spiro atoms. The van der Waals surface area contributed by atoms with Gasteiger partial charge in [-0.2, -0.15) is 18.2 Å². The first-order chi connectivity index (χ1) is 28.2. The lowest BCUT2D eigenvalue weighted by Crippen LogP contribution is -2.60. The number of nitrogens with zero attached hydrogens (tertiary/aromatic N) is 2. The number of carbonyl (C=O) groups excluding carboxylic acids is 4. The summed E-state index contributed by atoms with van der Waals surface area (Å²) in [5, 5.41) is 17.3. The molecule has 19 heteroatoms. The van der Waals surface area contributed by atoms with Gasteiger partial charge < -0.3 is 34.9 Å². The number of aliphatic hydroxyl groups excluding tert-OH is 1. The lowest BCUT2D eigenvalue weighted by atomic mass is 10.0. The van der Waals surface area contributed by atoms with Crippen molar-refractivity contribution >= 4 is 44.6 Å². The fourth-order valence-corrected chi connectivity index (χ4v) is 8.81. The first-order valence-electron chi connectivity index (χ1n) is 20.5. The topological polar surface area (TPSA) is 203 Å². The highest BCUT2D eigenvalue weighted by Gasteiger charge is 2.63. The SMILES string of the molecule is CCCCC=CC1CC1(NC(=O)C1CC(Oc2nc3c(c4ccccc24)CCCO3)CN1C(=O)C(NC(=O)OC(C)(C)C(F)(F)F)C(O)CC)C(=O)NS(=O)(=O)C1(C)CC1. The van der Waals surface area contributed by atoms with Gasteiger partial charge in [-0.05, 0) is 77.2 Å². The van der Waals surface area contributed by atoms with E-state index in [1.807, 2.05) is 25.1 Å². The Bertz CT molecular complexity index is 2130. The van der Waals surface area contributed by atoms with Crippen LogP contribution in [0.25, 0.3) is 10.8 Å². The van der Waals surface area contributed by atoms with Crippen molar-refractivity contribution < 1.29 is 60.1 Å². The molecule has 330 valence electrons. The van der Waals surface area contributed by atoms with Crippen LogP contribution in [0.4, 0.5) is 18.0 Å². The van der Waals surface area contributed by atoms with Gasteiger partial charge in [-0.3, -0.25) is 19.1 Å². The molecule has 60 heavy (non-hydrogen) atoms. The van der Waals surface area contributed by atoms with Gasteiger partial charge in [0.25, 0.3) is 5.91 Å². The van der Waals surface area contributed by atoms with Crippen LogP contribution in [-0.2, 0) is 35.6 Å². The summed E-state index contributed by atoms with van der Waals surface area (Å²) in [5.74, 6) is -2.90. The third-order valence-corrected chi connectivity index (χ3v) is 14.1. The molecule has 2 aliphatic carbocycles. The van der Waals surface area contributed by atoms with Gasteiger partial charge in [0.15, 0.2) is 0 Å². The number of hydrogen-bond donors (Lipinski definition) is 4. The number of aromatic nitrogens is 1. The minimum atomic E-state index is -4.97. The van der Waals surface area contributed by atoms with Crippen molar-refractivity contribution in [2.75, 3.05) is 13.2 Å². The first-order valence-corrected chi connectivity index (χ1v) is 22.0. The van der Waals surface area contributed by atoms with E-state index in [0.29, 0.717) is 51.0 Å². The zero-order chi connectivity index (χ0) is 43.8. The summed E-state index contributed by atoms with van der Waals surface area (Å²) in [6.07, 6.45) is -1.19. The van der Waals surface area contributed by atoms with Gasteiger partial charge in [-0.25, -0.2) is 13.2 Å². The number of sulfonamides is 1. The van der Waals surface area contributed by atoms with Crippen LogP contribution in [-0.4, -0.2) is 107 Å². The number of ether oxygens (including phenoxy) is 3. The van der Waals surface area contributed by atoms with E-state index in [1.54, 1.807) is 18.2 Å². The average molecular weight is 866 g/mol. The molecule has 6 atom stereocenters. The molecule has 4 aliphatic rings. The summed E-state index contributed by atoms with van der Waals surface area (Å²) in [6.45, 7) is 6.37. The van der Waals surface area contributed by atoms with Crippen molar-refractivity contribution in [3.05, 3.63) is 42.0 Å². The van der Waals surface area contributed by atoms with Gasteiger partial charge in [-0.15, -0.1) is 0 Å². The predicted molar refractivity (Wildman–Crippen MR) is 212 cm³/mol. The number of pyridine rings is 1. The molecule has 2 saturated carbocycles. The van der Waals surface area contributed by atoms with E-state index in [4.69, 9.17) is 9.47 Å². The Labute approximate surface area is 347 Å². The third-order valence-electron chi connectivity index (χ3n) is 11.9. The van der Waals surface area contributed by atoms with Gasteiger partial charge in [-0.1, -0.05) is 57.0 Å². The zero-order valence-electron chi connectivity index (χ0n) is 34.4. The molecule has 6 unspecified atom stereocenters. The molecule has 3 heterocycles. The van der Waals surface area contributed by atoms with E-state index < -0.39 is 86.1 Å². The van der Waals surface area contributed by atoms with Gasteiger partial charge in [0, 0.05) is 23.3 Å². The summed E-state index contributed by atoms with van der Waals surface area (Å²) in [7, 11) is -4.11. The summed E-state index contributed by atoms with van der Waals surface area (Å²) >= 11 is 0. The second-order valence-corrected chi connectivity index (χ2v) is 19.1. The van der Waals surface area contributed by atoms with Crippen LogP contribution in [0.3, 0.4) is 0 Å². The molecule has 2 aromatic rings. The maximum atomic E-state index is 14.6. The van der Waals surface area contributed by atoms with Gasteiger partial charge in [0.1, 0.15) is 23.7 Å². The Balaban J connectivity index is 1.32. The maximum Gasteiger partial charge on any atom is 0.427 e. The largest absolute Gasteiger partial charge is 0.477 e. The number of nitrogens with one attached hydrogen (secondary N) is 3. The lowest BCUT2D eigenvalue weighted by Gasteiger charge is -2.32. The van der Waals surface area contributed by atoms with Crippen molar-refractivity contribution in [2.24, 2.45) is 5.92 Å². The minimum absolute atomic E-state index is 0.0601. The van der Waals surface area contributed by atoms with Crippen LogP contribution < -0.4 is 24.8 Å². The molecule has 1 saturated heterocycles. The first kappa shape index (κ1) is 44.9. The number of aryl methyl sites for hydroxylation is 1. The molecule has 6 rings (SSSR count). The minimum Gasteiger partial charge on any atom is -0.477 e. The van der Waals surface area contributed by atoms with Crippen molar-refractivity contribution in [2.45, 2.75) is 145 Å². The number of amides is 4.